The third-order valence-corrected chi connectivity index (χ3v) is 6.00. The largest absolute Gasteiger partial charge is 0.312 e. The second-order valence-corrected chi connectivity index (χ2v) is 8.53. The summed E-state index contributed by atoms with van der Waals surface area (Å²) in [6.45, 7) is 2.48. The number of carbonyl (C=O) groups excluding carboxylic acids is 1. The molecule has 8 heteroatoms. The van der Waals surface area contributed by atoms with Crippen LogP contribution in [0.25, 0.3) is 0 Å². The highest BCUT2D eigenvalue weighted by Crippen LogP contribution is 2.37. The van der Waals surface area contributed by atoms with Gasteiger partial charge in [-0.15, -0.1) is 11.3 Å². The summed E-state index contributed by atoms with van der Waals surface area (Å²) >= 11 is 6.30. The van der Waals surface area contributed by atoms with Gasteiger partial charge in [-0.1, -0.05) is 42.3 Å². The first-order valence-electron chi connectivity index (χ1n) is 8.35. The van der Waals surface area contributed by atoms with Crippen LogP contribution in [0.1, 0.15) is 26.5 Å². The lowest BCUT2D eigenvalue weighted by molar-refractivity contribution is 0.0980. The van der Waals surface area contributed by atoms with Crippen LogP contribution in [-0.2, 0) is 6.54 Å². The fourth-order valence-electron chi connectivity index (χ4n) is 2.67. The van der Waals surface area contributed by atoms with Gasteiger partial charge in [0.2, 0.25) is 0 Å². The third-order valence-electron chi connectivity index (χ3n) is 3.98. The molecule has 0 bridgehead atoms. The van der Waals surface area contributed by atoms with E-state index < -0.39 is 0 Å². The molecule has 0 atom stereocenters. The van der Waals surface area contributed by atoms with E-state index >= 15 is 0 Å². The molecular weight excluding hydrogens is 456 g/mol. The van der Waals surface area contributed by atoms with Gasteiger partial charge in [-0.3, -0.25) is 9.52 Å². The van der Waals surface area contributed by atoms with Crippen LogP contribution in [0.3, 0.4) is 0 Å². The summed E-state index contributed by atoms with van der Waals surface area (Å²) in [7, 11) is 0. The number of halogens is 1. The van der Waals surface area contributed by atoms with Gasteiger partial charge in [-0.2, -0.15) is 5.26 Å². The van der Waals surface area contributed by atoms with Crippen molar-refractivity contribution in [3.05, 3.63) is 74.7 Å². The van der Waals surface area contributed by atoms with Gasteiger partial charge in [0.25, 0.3) is 5.91 Å². The van der Waals surface area contributed by atoms with Gasteiger partial charge in [0, 0.05) is 15.6 Å². The van der Waals surface area contributed by atoms with E-state index in [9.17, 15) is 4.79 Å². The van der Waals surface area contributed by atoms with E-state index in [4.69, 9.17) is 5.26 Å². The number of amides is 1. The maximum absolute atomic E-state index is 12.3. The molecule has 0 saturated heterocycles. The highest BCUT2D eigenvalue weighted by molar-refractivity contribution is 9.10. The van der Waals surface area contributed by atoms with E-state index in [1.165, 1.54) is 23.3 Å². The Hall–Kier alpha value is -2.34. The number of carbonyl (C=O) groups is 1. The van der Waals surface area contributed by atoms with Crippen LogP contribution < -0.4 is 9.62 Å². The molecule has 0 fully saturated rings. The predicted octanol–water partition coefficient (Wildman–Crippen LogP) is 5.43. The SMILES string of the molecule is CSNC(=O)c1nc(N(Cc2ccccc2)c2ccc(C#N)cc2Br)sc1C. The normalized spacial score (nSPS) is 10.4. The van der Waals surface area contributed by atoms with Gasteiger partial charge in [-0.25, -0.2) is 4.98 Å². The van der Waals surface area contributed by atoms with Crippen LogP contribution in [0.4, 0.5) is 10.8 Å². The summed E-state index contributed by atoms with van der Waals surface area (Å²) in [5, 5.41) is 9.87. The average Bonchev–Trinajstić information content (AvgIpc) is 3.09. The number of benzene rings is 2. The molecule has 2 aromatic carbocycles. The standard InChI is InChI=1S/C20H17BrN4OS2/c1-13-18(19(26)24-27-2)23-20(28-13)25(12-14-6-4-3-5-7-14)17-9-8-15(11-22)10-16(17)21/h3-10H,12H2,1-2H3,(H,24,26). The summed E-state index contributed by atoms with van der Waals surface area (Å²) < 4.78 is 3.53. The second-order valence-electron chi connectivity index (χ2n) is 5.89. The van der Waals surface area contributed by atoms with Crippen molar-refractivity contribution in [2.24, 2.45) is 0 Å². The van der Waals surface area contributed by atoms with Crippen molar-refractivity contribution in [3.8, 4) is 6.07 Å². The lowest BCUT2D eigenvalue weighted by Crippen LogP contribution is -2.19. The molecule has 28 heavy (non-hydrogen) atoms. The zero-order valence-electron chi connectivity index (χ0n) is 15.3. The van der Waals surface area contributed by atoms with Gasteiger partial charge in [0.1, 0.15) is 5.69 Å². The highest BCUT2D eigenvalue weighted by Gasteiger charge is 2.21. The Bertz CT molecular complexity index is 1030. The summed E-state index contributed by atoms with van der Waals surface area (Å²) in [6.07, 6.45) is 1.80. The van der Waals surface area contributed by atoms with Crippen molar-refractivity contribution in [2.75, 3.05) is 11.2 Å². The molecule has 3 rings (SSSR count). The first-order chi connectivity index (χ1) is 13.5. The molecule has 0 spiro atoms. The monoisotopic (exact) mass is 472 g/mol. The van der Waals surface area contributed by atoms with Crippen LogP contribution in [0, 0.1) is 18.3 Å². The summed E-state index contributed by atoms with van der Waals surface area (Å²) in [5.74, 6) is -0.203. The van der Waals surface area contributed by atoms with Gasteiger partial charge >= 0.3 is 0 Å². The molecule has 1 heterocycles. The molecule has 0 aliphatic heterocycles. The Morgan fingerprint density at radius 1 is 1.32 bits per heavy atom. The first-order valence-corrected chi connectivity index (χ1v) is 11.2. The summed E-state index contributed by atoms with van der Waals surface area (Å²) in [5.41, 5.74) is 3.00. The molecule has 0 aliphatic carbocycles. The maximum atomic E-state index is 12.3. The number of hydrogen-bond acceptors (Lipinski definition) is 6. The van der Waals surface area contributed by atoms with Crippen LogP contribution in [-0.4, -0.2) is 17.1 Å². The Morgan fingerprint density at radius 3 is 2.71 bits per heavy atom. The zero-order valence-corrected chi connectivity index (χ0v) is 18.5. The maximum Gasteiger partial charge on any atom is 0.280 e. The molecule has 0 radical (unpaired) electrons. The molecule has 5 nitrogen and oxygen atoms in total. The minimum absolute atomic E-state index is 0.203. The number of aromatic nitrogens is 1. The molecule has 0 aliphatic rings. The summed E-state index contributed by atoms with van der Waals surface area (Å²) in [4.78, 5) is 19.8. The van der Waals surface area contributed by atoms with Crippen LogP contribution >= 0.6 is 39.2 Å². The number of nitrogens with zero attached hydrogens (tertiary/aromatic N) is 3. The molecule has 142 valence electrons. The Morgan fingerprint density at radius 2 is 2.07 bits per heavy atom. The van der Waals surface area contributed by atoms with E-state index in [1.54, 1.807) is 18.4 Å². The quantitative estimate of drug-likeness (QED) is 0.484. The van der Waals surface area contributed by atoms with E-state index in [0.717, 1.165) is 25.7 Å². The summed E-state index contributed by atoms with van der Waals surface area (Å²) in [6, 6.07) is 17.7. The lowest BCUT2D eigenvalue weighted by atomic mass is 10.2. The first kappa shape index (κ1) is 20.4. The number of aryl methyl sites for hydroxylation is 1. The van der Waals surface area contributed by atoms with Crippen molar-refractivity contribution >= 4 is 55.9 Å². The van der Waals surface area contributed by atoms with Crippen LogP contribution in [0.5, 0.6) is 0 Å². The molecule has 1 aromatic heterocycles. The van der Waals surface area contributed by atoms with E-state index in [-0.39, 0.29) is 5.91 Å². The average molecular weight is 473 g/mol. The fraction of sp³-hybridized carbons (Fsp3) is 0.150. The number of nitrogens with one attached hydrogen (secondary N) is 1. The molecule has 0 unspecified atom stereocenters. The Balaban J connectivity index is 2.06. The number of rotatable bonds is 6. The van der Waals surface area contributed by atoms with Crippen LogP contribution in [0.2, 0.25) is 0 Å². The van der Waals surface area contributed by atoms with E-state index in [1.807, 2.05) is 48.2 Å². The third kappa shape index (κ3) is 4.55. The molecule has 3 aromatic rings. The highest BCUT2D eigenvalue weighted by atomic mass is 79.9. The minimum Gasteiger partial charge on any atom is -0.312 e. The Labute approximate surface area is 180 Å². The second kappa shape index (κ2) is 9.24. The van der Waals surface area contributed by atoms with Crippen molar-refractivity contribution in [3.63, 3.8) is 0 Å². The van der Waals surface area contributed by atoms with Crippen LogP contribution in [0.15, 0.2) is 53.0 Å². The van der Waals surface area contributed by atoms with Gasteiger partial charge in [0.15, 0.2) is 5.13 Å². The van der Waals surface area contributed by atoms with Gasteiger partial charge < -0.3 is 4.90 Å². The smallest absolute Gasteiger partial charge is 0.280 e. The van der Waals surface area contributed by atoms with E-state index in [0.29, 0.717) is 17.8 Å². The molecular formula is C20H17BrN4OS2. The van der Waals surface area contributed by atoms with Gasteiger partial charge in [-0.05, 0) is 46.6 Å². The zero-order chi connectivity index (χ0) is 20.1. The van der Waals surface area contributed by atoms with Gasteiger partial charge in [0.05, 0.1) is 23.9 Å². The molecule has 1 N–H and O–H groups in total. The van der Waals surface area contributed by atoms with Crippen molar-refractivity contribution < 1.29 is 4.79 Å². The lowest BCUT2D eigenvalue weighted by Gasteiger charge is -2.23. The number of nitriles is 1. The predicted molar refractivity (Wildman–Crippen MR) is 119 cm³/mol. The molecule has 1 amide bonds. The van der Waals surface area contributed by atoms with Crippen molar-refractivity contribution in [2.45, 2.75) is 13.5 Å². The number of hydrogen-bond donors (Lipinski definition) is 1. The molecule has 0 saturated carbocycles. The number of thiazole rings is 1. The topological polar surface area (TPSA) is 69.0 Å². The van der Waals surface area contributed by atoms with Crippen molar-refractivity contribution in [1.82, 2.24) is 9.71 Å². The van der Waals surface area contributed by atoms with E-state index in [2.05, 4.69) is 31.7 Å². The fourth-order valence-corrected chi connectivity index (χ4v) is 4.46. The van der Waals surface area contributed by atoms with Crippen molar-refractivity contribution in [1.29, 1.82) is 5.26 Å². The number of anilines is 2. The Kier molecular flexibility index (Phi) is 6.73. The minimum atomic E-state index is -0.203.